The minimum Gasteiger partial charge on any atom is -0.367 e. The largest absolute Gasteiger partial charge is 0.367 e. The molecule has 13 heteroatoms. The highest BCUT2D eigenvalue weighted by molar-refractivity contribution is 6.05. The van der Waals surface area contributed by atoms with Gasteiger partial charge in [-0.25, -0.2) is 4.39 Å². The van der Waals surface area contributed by atoms with Gasteiger partial charge in [0.05, 0.1) is 25.0 Å². The molecule has 0 saturated carbocycles. The molecule has 1 aromatic heterocycles. The normalized spacial score (nSPS) is 22.8. The van der Waals surface area contributed by atoms with Crippen LogP contribution in [0.4, 0.5) is 4.39 Å². The number of hydrogen-bond acceptors (Lipinski definition) is 8. The van der Waals surface area contributed by atoms with Crippen LogP contribution in [0, 0.1) is 5.82 Å². The summed E-state index contributed by atoms with van der Waals surface area (Å²) in [6.45, 7) is 3.36. The summed E-state index contributed by atoms with van der Waals surface area (Å²) in [5.41, 5.74) is 3.70. The molecule has 0 radical (unpaired) electrons. The number of imide groups is 1. The van der Waals surface area contributed by atoms with Crippen molar-refractivity contribution in [3.05, 3.63) is 88.0 Å². The van der Waals surface area contributed by atoms with Gasteiger partial charge < -0.3 is 14.5 Å². The molecule has 2 fully saturated rings. The van der Waals surface area contributed by atoms with Gasteiger partial charge in [-0.3, -0.25) is 39.4 Å². The summed E-state index contributed by atoms with van der Waals surface area (Å²) in [7, 11) is 1.54. The van der Waals surface area contributed by atoms with Crippen LogP contribution in [0.1, 0.15) is 63.4 Å². The first-order chi connectivity index (χ1) is 21.8. The first-order valence-electron chi connectivity index (χ1n) is 15.2. The zero-order valence-electron chi connectivity index (χ0n) is 24.9. The molecular formula is C32H34FN7O5. The molecular weight excluding hydrogens is 581 g/mol. The summed E-state index contributed by atoms with van der Waals surface area (Å²) in [5, 5.41) is 9.54. The van der Waals surface area contributed by atoms with Crippen molar-refractivity contribution >= 4 is 23.6 Å². The number of aromatic amines is 1. The first kappa shape index (κ1) is 29.3. The number of carbonyl (C=O) groups is 4. The van der Waals surface area contributed by atoms with Crippen molar-refractivity contribution in [1.29, 1.82) is 0 Å². The number of nitrogens with zero attached hydrogens (tertiary/aromatic N) is 5. The van der Waals surface area contributed by atoms with Crippen LogP contribution in [0.2, 0.25) is 0 Å². The fourth-order valence-corrected chi connectivity index (χ4v) is 7.03. The van der Waals surface area contributed by atoms with E-state index in [4.69, 9.17) is 4.74 Å². The highest BCUT2D eigenvalue weighted by Crippen LogP contribution is 2.38. The SMILES string of the molecule is CO[C@@H](C(=O)N1Cc2[nH]ncc2C1N1CCN(Cc2ccc3c(c2F)CN(C2CCC(=O)NC2=O)C3=O)CC1)c1ccccc1. The van der Waals surface area contributed by atoms with Crippen molar-refractivity contribution in [3.63, 3.8) is 0 Å². The number of hydrogen-bond donors (Lipinski definition) is 2. The Kier molecular flexibility index (Phi) is 7.68. The Balaban J connectivity index is 1.03. The van der Waals surface area contributed by atoms with Crippen LogP contribution in [0.5, 0.6) is 0 Å². The number of nitrogens with one attached hydrogen (secondary N) is 2. The molecule has 4 aliphatic heterocycles. The third-order valence-corrected chi connectivity index (χ3v) is 9.37. The number of carbonyl (C=O) groups excluding carboxylic acids is 4. The van der Waals surface area contributed by atoms with Crippen molar-refractivity contribution in [3.8, 4) is 0 Å². The van der Waals surface area contributed by atoms with E-state index in [1.165, 1.54) is 4.90 Å². The minimum absolute atomic E-state index is 0.00206. The fraction of sp³-hybridized carbons (Fsp3) is 0.406. The second-order valence-electron chi connectivity index (χ2n) is 11.9. The molecule has 3 atom stereocenters. The van der Waals surface area contributed by atoms with Crippen molar-refractivity contribution in [1.82, 2.24) is 35.1 Å². The molecule has 5 heterocycles. The molecule has 3 aromatic rings. The number of benzene rings is 2. The predicted molar refractivity (Wildman–Crippen MR) is 157 cm³/mol. The number of methoxy groups -OCH3 is 1. The van der Waals surface area contributed by atoms with Crippen LogP contribution in [0.15, 0.2) is 48.7 Å². The molecule has 4 aliphatic rings. The molecule has 234 valence electrons. The Labute approximate surface area is 259 Å². The summed E-state index contributed by atoms with van der Waals surface area (Å²) >= 11 is 0. The quantitative estimate of drug-likeness (QED) is 0.386. The van der Waals surface area contributed by atoms with E-state index >= 15 is 4.39 Å². The molecule has 2 N–H and O–H groups in total. The van der Waals surface area contributed by atoms with Crippen LogP contribution < -0.4 is 5.32 Å². The van der Waals surface area contributed by atoms with Crippen LogP contribution >= 0.6 is 0 Å². The van der Waals surface area contributed by atoms with Crippen LogP contribution in [-0.4, -0.2) is 92.8 Å². The third kappa shape index (κ3) is 5.20. The van der Waals surface area contributed by atoms with E-state index in [0.717, 1.165) is 16.8 Å². The number of aromatic nitrogens is 2. The number of H-pyrrole nitrogens is 1. The van der Waals surface area contributed by atoms with Gasteiger partial charge >= 0.3 is 0 Å². The Bertz CT molecular complexity index is 1650. The summed E-state index contributed by atoms with van der Waals surface area (Å²) in [5.74, 6) is -1.83. The molecule has 12 nitrogen and oxygen atoms in total. The maximum Gasteiger partial charge on any atom is 0.258 e. The van der Waals surface area contributed by atoms with E-state index in [2.05, 4.69) is 25.3 Å². The second-order valence-corrected chi connectivity index (χ2v) is 11.9. The molecule has 0 spiro atoms. The number of fused-ring (bicyclic) bond motifs is 2. The zero-order chi connectivity index (χ0) is 31.2. The van der Waals surface area contributed by atoms with Crippen LogP contribution in [0.3, 0.4) is 0 Å². The standard InChI is InChI=1S/C32H34FN7O5/c1-45-28(19-5-3-2-4-6-19)32(44)40-18-24-22(15-34-36-24)30(40)38-13-11-37(12-14-38)16-20-7-8-21-23(27(20)33)17-39(31(21)43)25-9-10-26(41)35-29(25)42/h2-8,15,25,28,30H,9-14,16-18H2,1H3,(H,34,36)(H,35,41,42)/t25?,28-,30?/m1/s1. The number of ether oxygens (including phenoxy) is 1. The Morgan fingerprint density at radius 2 is 1.84 bits per heavy atom. The smallest absolute Gasteiger partial charge is 0.258 e. The molecule has 45 heavy (non-hydrogen) atoms. The summed E-state index contributed by atoms with van der Waals surface area (Å²) in [6.07, 6.45) is 1.13. The summed E-state index contributed by atoms with van der Waals surface area (Å²) in [6, 6.07) is 11.9. The second kappa shape index (κ2) is 11.8. The average molecular weight is 616 g/mol. The highest BCUT2D eigenvalue weighted by atomic mass is 19.1. The molecule has 2 saturated heterocycles. The van der Waals surface area contributed by atoms with Gasteiger partial charge in [0.25, 0.3) is 11.8 Å². The minimum atomic E-state index is -0.789. The lowest BCUT2D eigenvalue weighted by Gasteiger charge is -2.41. The zero-order valence-corrected chi connectivity index (χ0v) is 24.9. The lowest BCUT2D eigenvalue weighted by molar-refractivity contribution is -0.150. The molecule has 7 rings (SSSR count). The third-order valence-electron chi connectivity index (χ3n) is 9.37. The molecule has 0 aliphatic carbocycles. The van der Waals surface area contributed by atoms with Crippen molar-refractivity contribution in [2.24, 2.45) is 0 Å². The van der Waals surface area contributed by atoms with E-state index in [1.54, 1.807) is 25.4 Å². The molecule has 0 bridgehead atoms. The van der Waals surface area contributed by atoms with E-state index in [9.17, 15) is 19.2 Å². The van der Waals surface area contributed by atoms with Gasteiger partial charge in [-0.05, 0) is 18.1 Å². The van der Waals surface area contributed by atoms with Gasteiger partial charge in [-0.15, -0.1) is 0 Å². The highest BCUT2D eigenvalue weighted by Gasteiger charge is 2.43. The van der Waals surface area contributed by atoms with E-state index in [1.807, 2.05) is 35.2 Å². The molecule has 2 aromatic carbocycles. The van der Waals surface area contributed by atoms with Crippen LogP contribution in [0.25, 0.3) is 0 Å². The predicted octanol–water partition coefficient (Wildman–Crippen LogP) is 1.86. The van der Waals surface area contributed by atoms with Gasteiger partial charge in [-0.1, -0.05) is 36.4 Å². The molecule has 2 unspecified atom stereocenters. The van der Waals surface area contributed by atoms with E-state index < -0.39 is 29.8 Å². The number of halogens is 1. The van der Waals surface area contributed by atoms with E-state index in [-0.39, 0.29) is 42.9 Å². The lowest BCUT2D eigenvalue weighted by Crippen LogP contribution is -2.52. The first-order valence-corrected chi connectivity index (χ1v) is 15.2. The average Bonchev–Trinajstić information content (AvgIpc) is 3.74. The fourth-order valence-electron chi connectivity index (χ4n) is 7.03. The van der Waals surface area contributed by atoms with Gasteiger partial charge in [0.2, 0.25) is 11.8 Å². The maximum atomic E-state index is 15.8. The van der Waals surface area contributed by atoms with E-state index in [0.29, 0.717) is 50.4 Å². The molecule has 4 amide bonds. The number of rotatable bonds is 7. The number of amides is 4. The Morgan fingerprint density at radius 1 is 1.07 bits per heavy atom. The van der Waals surface area contributed by atoms with Crippen molar-refractivity contribution < 1.29 is 28.3 Å². The Hall–Kier alpha value is -4.46. The van der Waals surface area contributed by atoms with Crippen molar-refractivity contribution in [2.45, 2.75) is 50.8 Å². The van der Waals surface area contributed by atoms with Gasteiger partial charge in [-0.2, -0.15) is 5.10 Å². The van der Waals surface area contributed by atoms with Gasteiger partial charge in [0, 0.05) is 68.5 Å². The topological polar surface area (TPSA) is 131 Å². The summed E-state index contributed by atoms with van der Waals surface area (Å²) in [4.78, 5) is 58.5. The number of piperazine rings is 1. The van der Waals surface area contributed by atoms with Gasteiger partial charge in [0.15, 0.2) is 6.10 Å². The lowest BCUT2D eigenvalue weighted by atomic mass is 10.0. The van der Waals surface area contributed by atoms with Gasteiger partial charge in [0.1, 0.15) is 18.0 Å². The summed E-state index contributed by atoms with van der Waals surface area (Å²) < 4.78 is 21.5. The Morgan fingerprint density at radius 3 is 2.58 bits per heavy atom. The van der Waals surface area contributed by atoms with Crippen LogP contribution in [-0.2, 0) is 38.8 Å². The monoisotopic (exact) mass is 615 g/mol. The van der Waals surface area contributed by atoms with Crippen molar-refractivity contribution in [2.75, 3.05) is 33.3 Å². The number of piperidine rings is 1. The maximum absolute atomic E-state index is 15.8.